The van der Waals surface area contributed by atoms with Crippen molar-refractivity contribution >= 4 is 5.82 Å². The number of anilines is 1. The second-order valence-electron chi connectivity index (χ2n) is 3.98. The summed E-state index contributed by atoms with van der Waals surface area (Å²) < 4.78 is 1.72. The van der Waals surface area contributed by atoms with Gasteiger partial charge in [0.2, 0.25) is 0 Å². The van der Waals surface area contributed by atoms with Crippen LogP contribution in [0.15, 0.2) is 6.20 Å². The van der Waals surface area contributed by atoms with Gasteiger partial charge < -0.3 is 5.73 Å². The maximum absolute atomic E-state index is 5.84. The van der Waals surface area contributed by atoms with Crippen LogP contribution in [-0.4, -0.2) is 27.8 Å². The molecule has 1 aromatic heterocycles. The molecule has 0 atom stereocenters. The average molecular weight is 180 g/mol. The predicted octanol–water partition coefficient (Wildman–Crippen LogP) is 0.454. The van der Waals surface area contributed by atoms with Gasteiger partial charge in [-0.3, -0.25) is 9.58 Å². The standard InChI is InChI=1S/C9H16N4/c1-7-4-13(5-7)6-8-3-11-12(2)9(8)10/h3,7H,4-6,10H2,1-2H3. The van der Waals surface area contributed by atoms with Gasteiger partial charge in [-0.15, -0.1) is 0 Å². The van der Waals surface area contributed by atoms with Crippen molar-refractivity contribution in [1.29, 1.82) is 0 Å². The number of nitrogens with two attached hydrogens (primary N) is 1. The van der Waals surface area contributed by atoms with Crippen LogP contribution in [0.1, 0.15) is 12.5 Å². The molecule has 0 radical (unpaired) electrons. The summed E-state index contributed by atoms with van der Waals surface area (Å²) in [5, 5.41) is 4.11. The van der Waals surface area contributed by atoms with Gasteiger partial charge in [0.05, 0.1) is 6.20 Å². The van der Waals surface area contributed by atoms with Gasteiger partial charge in [-0.25, -0.2) is 0 Å². The molecular formula is C9H16N4. The highest BCUT2D eigenvalue weighted by Gasteiger charge is 2.23. The molecule has 2 N–H and O–H groups in total. The second-order valence-corrected chi connectivity index (χ2v) is 3.98. The number of aromatic nitrogens is 2. The summed E-state index contributed by atoms with van der Waals surface area (Å²) in [7, 11) is 1.87. The highest BCUT2D eigenvalue weighted by Crippen LogP contribution is 2.20. The number of hydrogen-bond acceptors (Lipinski definition) is 3. The van der Waals surface area contributed by atoms with E-state index in [2.05, 4.69) is 16.9 Å². The summed E-state index contributed by atoms with van der Waals surface area (Å²) in [6, 6.07) is 0. The van der Waals surface area contributed by atoms with E-state index >= 15 is 0 Å². The minimum atomic E-state index is 0.791. The quantitative estimate of drug-likeness (QED) is 0.719. The molecule has 0 saturated carbocycles. The molecule has 0 unspecified atom stereocenters. The molecular weight excluding hydrogens is 164 g/mol. The van der Waals surface area contributed by atoms with Gasteiger partial charge in [-0.1, -0.05) is 6.92 Å². The van der Waals surface area contributed by atoms with Gasteiger partial charge in [-0.2, -0.15) is 5.10 Å². The van der Waals surface area contributed by atoms with Crippen LogP contribution in [0.2, 0.25) is 0 Å². The first-order chi connectivity index (χ1) is 6.16. The molecule has 0 amide bonds. The molecule has 1 fully saturated rings. The summed E-state index contributed by atoms with van der Waals surface area (Å²) in [5.74, 6) is 1.64. The van der Waals surface area contributed by atoms with E-state index in [0.29, 0.717) is 0 Å². The van der Waals surface area contributed by atoms with E-state index in [0.717, 1.165) is 23.8 Å². The Morgan fingerprint density at radius 1 is 1.62 bits per heavy atom. The van der Waals surface area contributed by atoms with E-state index in [-0.39, 0.29) is 0 Å². The van der Waals surface area contributed by atoms with Crippen LogP contribution in [-0.2, 0) is 13.6 Å². The molecule has 4 nitrogen and oxygen atoms in total. The zero-order valence-electron chi connectivity index (χ0n) is 8.20. The zero-order valence-corrected chi connectivity index (χ0v) is 8.20. The molecule has 0 aliphatic carbocycles. The predicted molar refractivity (Wildman–Crippen MR) is 52.1 cm³/mol. The first-order valence-electron chi connectivity index (χ1n) is 4.65. The Morgan fingerprint density at radius 2 is 2.31 bits per heavy atom. The first kappa shape index (κ1) is 8.56. The molecule has 0 aromatic carbocycles. The summed E-state index contributed by atoms with van der Waals surface area (Å²) in [5.41, 5.74) is 6.99. The van der Waals surface area contributed by atoms with E-state index in [1.54, 1.807) is 4.68 Å². The fraction of sp³-hybridized carbons (Fsp3) is 0.667. The van der Waals surface area contributed by atoms with Crippen molar-refractivity contribution in [3.8, 4) is 0 Å². The molecule has 4 heteroatoms. The van der Waals surface area contributed by atoms with Crippen molar-refractivity contribution in [1.82, 2.24) is 14.7 Å². The number of likely N-dealkylation sites (tertiary alicyclic amines) is 1. The van der Waals surface area contributed by atoms with Gasteiger partial charge >= 0.3 is 0 Å². The van der Waals surface area contributed by atoms with Crippen LogP contribution >= 0.6 is 0 Å². The number of rotatable bonds is 2. The maximum Gasteiger partial charge on any atom is 0.125 e. The number of aryl methyl sites for hydroxylation is 1. The molecule has 1 aliphatic rings. The van der Waals surface area contributed by atoms with Crippen molar-refractivity contribution in [3.63, 3.8) is 0 Å². The third-order valence-electron chi connectivity index (χ3n) is 2.60. The number of hydrogen-bond donors (Lipinski definition) is 1. The largest absolute Gasteiger partial charge is 0.384 e. The Balaban J connectivity index is 1.98. The molecule has 0 spiro atoms. The SMILES string of the molecule is CC1CN(Cc2cnn(C)c2N)C1. The van der Waals surface area contributed by atoms with E-state index < -0.39 is 0 Å². The van der Waals surface area contributed by atoms with Crippen LogP contribution in [0.3, 0.4) is 0 Å². The Labute approximate surface area is 78.3 Å². The van der Waals surface area contributed by atoms with Crippen LogP contribution in [0.5, 0.6) is 0 Å². The summed E-state index contributed by atoms with van der Waals surface area (Å²) in [6.07, 6.45) is 1.86. The molecule has 2 heterocycles. The lowest BCUT2D eigenvalue weighted by Crippen LogP contribution is -2.44. The third-order valence-corrected chi connectivity index (χ3v) is 2.60. The summed E-state index contributed by atoms with van der Waals surface area (Å²) >= 11 is 0. The molecule has 72 valence electrons. The van der Waals surface area contributed by atoms with Crippen molar-refractivity contribution in [2.45, 2.75) is 13.5 Å². The van der Waals surface area contributed by atoms with Gasteiger partial charge in [-0.05, 0) is 5.92 Å². The second kappa shape index (κ2) is 3.03. The van der Waals surface area contributed by atoms with E-state index in [9.17, 15) is 0 Å². The lowest BCUT2D eigenvalue weighted by atomic mass is 10.0. The molecule has 13 heavy (non-hydrogen) atoms. The molecule has 1 saturated heterocycles. The Morgan fingerprint density at radius 3 is 2.77 bits per heavy atom. The van der Waals surface area contributed by atoms with Gasteiger partial charge in [0.1, 0.15) is 5.82 Å². The van der Waals surface area contributed by atoms with E-state index in [1.165, 1.54) is 13.1 Å². The van der Waals surface area contributed by atoms with E-state index in [4.69, 9.17) is 5.73 Å². The lowest BCUT2D eigenvalue weighted by Gasteiger charge is -2.36. The fourth-order valence-electron chi connectivity index (χ4n) is 1.81. The Kier molecular flexibility index (Phi) is 2.00. The van der Waals surface area contributed by atoms with Crippen LogP contribution in [0, 0.1) is 5.92 Å². The van der Waals surface area contributed by atoms with Crippen molar-refractivity contribution < 1.29 is 0 Å². The minimum absolute atomic E-state index is 0.791. The molecule has 1 aromatic rings. The van der Waals surface area contributed by atoms with Crippen LogP contribution in [0.4, 0.5) is 5.82 Å². The van der Waals surface area contributed by atoms with Gasteiger partial charge in [0, 0.05) is 32.2 Å². The number of nitrogens with zero attached hydrogens (tertiary/aromatic N) is 3. The lowest BCUT2D eigenvalue weighted by molar-refractivity contribution is 0.105. The Hall–Kier alpha value is -1.03. The minimum Gasteiger partial charge on any atom is -0.384 e. The van der Waals surface area contributed by atoms with Crippen molar-refractivity contribution in [2.75, 3.05) is 18.8 Å². The molecule has 0 bridgehead atoms. The van der Waals surface area contributed by atoms with Gasteiger partial charge in [0.25, 0.3) is 0 Å². The van der Waals surface area contributed by atoms with Crippen LogP contribution in [0.25, 0.3) is 0 Å². The molecule has 2 rings (SSSR count). The smallest absolute Gasteiger partial charge is 0.125 e. The number of nitrogen functional groups attached to an aromatic ring is 1. The zero-order chi connectivity index (χ0) is 9.42. The van der Waals surface area contributed by atoms with E-state index in [1.807, 2.05) is 13.2 Å². The Bertz CT molecular complexity index is 299. The van der Waals surface area contributed by atoms with Crippen molar-refractivity contribution in [2.24, 2.45) is 13.0 Å². The summed E-state index contributed by atoms with van der Waals surface area (Å²) in [6.45, 7) is 5.59. The fourth-order valence-corrected chi connectivity index (χ4v) is 1.81. The maximum atomic E-state index is 5.84. The highest BCUT2D eigenvalue weighted by molar-refractivity contribution is 5.38. The average Bonchev–Trinajstić information content (AvgIpc) is 2.33. The topological polar surface area (TPSA) is 47.1 Å². The van der Waals surface area contributed by atoms with Gasteiger partial charge in [0.15, 0.2) is 0 Å². The summed E-state index contributed by atoms with van der Waals surface area (Å²) in [4.78, 5) is 2.39. The van der Waals surface area contributed by atoms with Crippen molar-refractivity contribution in [3.05, 3.63) is 11.8 Å². The first-order valence-corrected chi connectivity index (χ1v) is 4.65. The van der Waals surface area contributed by atoms with Crippen LogP contribution < -0.4 is 5.73 Å². The third kappa shape index (κ3) is 1.54. The highest BCUT2D eigenvalue weighted by atomic mass is 15.3. The molecule has 1 aliphatic heterocycles. The normalized spacial score (nSPS) is 18.9. The monoisotopic (exact) mass is 180 g/mol.